The van der Waals surface area contributed by atoms with E-state index in [1.54, 1.807) is 18.2 Å². The molecule has 0 radical (unpaired) electrons. The molecular formula is C26H28N2O5. The van der Waals surface area contributed by atoms with Gasteiger partial charge in [-0.15, -0.1) is 0 Å². The van der Waals surface area contributed by atoms with Gasteiger partial charge in [-0.2, -0.15) is 0 Å². The van der Waals surface area contributed by atoms with Gasteiger partial charge in [-0.05, 0) is 74.9 Å². The maximum atomic E-state index is 12.9. The number of aryl methyl sites for hydroxylation is 2. The van der Waals surface area contributed by atoms with Gasteiger partial charge < -0.3 is 10.1 Å². The summed E-state index contributed by atoms with van der Waals surface area (Å²) >= 11 is 0. The number of imide groups is 1. The van der Waals surface area contributed by atoms with Crippen LogP contribution in [0.5, 0.6) is 0 Å². The molecular weight excluding hydrogens is 420 g/mol. The number of nitrogens with one attached hydrogen (secondary N) is 1. The third-order valence-electron chi connectivity index (χ3n) is 6.54. The standard InChI is InChI=1S/C26H28N2O5/c1-15-5-11-22(17(3)12-15)27-23(29)14-33-26(32)18-6-8-19(9-7-18)28-24(30)20-10-4-16(2)13-21(20)25(28)31/h5-9,11-12,16,20-21H,4,10,13-14H2,1-3H3,(H,27,29)/t16-,20-,21-/m1/s1. The van der Waals surface area contributed by atoms with E-state index in [9.17, 15) is 19.2 Å². The number of rotatable bonds is 5. The second-order valence-corrected chi connectivity index (χ2v) is 9.13. The molecule has 1 saturated carbocycles. The normalized spacial score (nSPS) is 22.2. The first-order valence-corrected chi connectivity index (χ1v) is 11.3. The summed E-state index contributed by atoms with van der Waals surface area (Å²) in [6.07, 6.45) is 2.43. The van der Waals surface area contributed by atoms with Crippen LogP contribution >= 0.6 is 0 Å². The largest absolute Gasteiger partial charge is 0.452 e. The topological polar surface area (TPSA) is 92.8 Å². The summed E-state index contributed by atoms with van der Waals surface area (Å²) in [6.45, 7) is 5.55. The van der Waals surface area contributed by atoms with E-state index < -0.39 is 18.5 Å². The van der Waals surface area contributed by atoms with Crippen molar-refractivity contribution in [1.29, 1.82) is 0 Å². The summed E-state index contributed by atoms with van der Waals surface area (Å²) in [5, 5.41) is 2.73. The Morgan fingerprint density at radius 2 is 1.70 bits per heavy atom. The van der Waals surface area contributed by atoms with Crippen LogP contribution in [0.25, 0.3) is 0 Å². The number of amides is 3. The number of fused-ring (bicyclic) bond motifs is 1. The Kier molecular flexibility index (Phi) is 6.31. The minimum absolute atomic E-state index is 0.157. The third-order valence-corrected chi connectivity index (χ3v) is 6.54. The Bertz CT molecular complexity index is 1110. The first-order chi connectivity index (χ1) is 15.7. The van der Waals surface area contributed by atoms with E-state index in [0.717, 1.165) is 30.4 Å². The van der Waals surface area contributed by atoms with Crippen LogP contribution in [0.4, 0.5) is 11.4 Å². The molecule has 3 amide bonds. The molecule has 3 atom stereocenters. The smallest absolute Gasteiger partial charge is 0.338 e. The predicted molar refractivity (Wildman–Crippen MR) is 124 cm³/mol. The van der Waals surface area contributed by atoms with Crippen LogP contribution < -0.4 is 10.2 Å². The van der Waals surface area contributed by atoms with Gasteiger partial charge in [0.15, 0.2) is 6.61 Å². The number of benzene rings is 2. The lowest BCUT2D eigenvalue weighted by Crippen LogP contribution is -2.30. The molecule has 1 N–H and O–H groups in total. The summed E-state index contributed by atoms with van der Waals surface area (Å²) in [7, 11) is 0. The number of anilines is 2. The molecule has 1 saturated heterocycles. The highest BCUT2D eigenvalue weighted by Gasteiger charge is 2.49. The molecule has 4 rings (SSSR count). The number of carbonyl (C=O) groups excluding carboxylic acids is 4. The molecule has 0 spiro atoms. The molecule has 2 aromatic carbocycles. The van der Waals surface area contributed by atoms with E-state index in [1.807, 2.05) is 26.0 Å². The van der Waals surface area contributed by atoms with Gasteiger partial charge in [0.25, 0.3) is 5.91 Å². The van der Waals surface area contributed by atoms with Crippen molar-refractivity contribution in [2.75, 3.05) is 16.8 Å². The molecule has 2 fully saturated rings. The molecule has 7 heteroatoms. The second kappa shape index (κ2) is 9.17. The number of nitrogens with zero attached hydrogens (tertiary/aromatic N) is 1. The van der Waals surface area contributed by atoms with E-state index >= 15 is 0 Å². The maximum absolute atomic E-state index is 12.9. The fourth-order valence-electron chi connectivity index (χ4n) is 4.75. The van der Waals surface area contributed by atoms with Crippen molar-refractivity contribution in [3.8, 4) is 0 Å². The molecule has 33 heavy (non-hydrogen) atoms. The lowest BCUT2D eigenvalue weighted by atomic mass is 9.76. The fraction of sp³-hybridized carbons (Fsp3) is 0.385. The van der Waals surface area contributed by atoms with Gasteiger partial charge in [-0.1, -0.05) is 24.6 Å². The van der Waals surface area contributed by atoms with Crippen LogP contribution in [0.1, 0.15) is 47.7 Å². The summed E-state index contributed by atoms with van der Waals surface area (Å²) in [4.78, 5) is 51.4. The summed E-state index contributed by atoms with van der Waals surface area (Å²) in [5.41, 5.74) is 3.37. The van der Waals surface area contributed by atoms with Gasteiger partial charge in [-0.25, -0.2) is 4.79 Å². The molecule has 172 valence electrons. The van der Waals surface area contributed by atoms with Gasteiger partial charge in [0, 0.05) is 5.69 Å². The zero-order chi connectivity index (χ0) is 23.7. The van der Waals surface area contributed by atoms with Crippen molar-refractivity contribution in [1.82, 2.24) is 0 Å². The number of ether oxygens (including phenoxy) is 1. The average Bonchev–Trinajstić information content (AvgIpc) is 3.03. The molecule has 1 aliphatic heterocycles. The van der Waals surface area contributed by atoms with Crippen molar-refractivity contribution < 1.29 is 23.9 Å². The van der Waals surface area contributed by atoms with Gasteiger partial charge in [0.1, 0.15) is 0 Å². The lowest BCUT2D eigenvalue weighted by Gasteiger charge is -2.25. The Balaban J connectivity index is 1.36. The van der Waals surface area contributed by atoms with Gasteiger partial charge >= 0.3 is 5.97 Å². The predicted octanol–water partition coefficient (Wildman–Crippen LogP) is 4.02. The van der Waals surface area contributed by atoms with Crippen LogP contribution in [-0.2, 0) is 19.1 Å². The summed E-state index contributed by atoms with van der Waals surface area (Å²) in [5.74, 6) is -1.45. The molecule has 0 aromatic heterocycles. The number of esters is 1. The van der Waals surface area contributed by atoms with Crippen molar-refractivity contribution in [2.24, 2.45) is 17.8 Å². The molecule has 7 nitrogen and oxygen atoms in total. The van der Waals surface area contributed by atoms with Crippen molar-refractivity contribution in [3.63, 3.8) is 0 Å². The van der Waals surface area contributed by atoms with Crippen LogP contribution in [-0.4, -0.2) is 30.3 Å². The quantitative estimate of drug-likeness (QED) is 0.551. The fourth-order valence-corrected chi connectivity index (χ4v) is 4.75. The zero-order valence-corrected chi connectivity index (χ0v) is 19.1. The van der Waals surface area contributed by atoms with E-state index in [-0.39, 0.29) is 29.2 Å². The molecule has 1 heterocycles. The number of carbonyl (C=O) groups is 4. The first kappa shape index (κ1) is 22.7. The Morgan fingerprint density at radius 1 is 1.00 bits per heavy atom. The van der Waals surface area contributed by atoms with Gasteiger partial charge in [0.05, 0.1) is 23.1 Å². The third kappa shape index (κ3) is 4.67. The van der Waals surface area contributed by atoms with Crippen molar-refractivity contribution in [2.45, 2.75) is 40.0 Å². The van der Waals surface area contributed by atoms with Crippen molar-refractivity contribution >= 4 is 35.1 Å². The van der Waals surface area contributed by atoms with Crippen LogP contribution in [0.2, 0.25) is 0 Å². The molecule has 0 bridgehead atoms. The molecule has 0 unspecified atom stereocenters. The van der Waals surface area contributed by atoms with Crippen LogP contribution in [0.3, 0.4) is 0 Å². The van der Waals surface area contributed by atoms with Gasteiger partial charge in [-0.3, -0.25) is 19.3 Å². The van der Waals surface area contributed by atoms with Crippen LogP contribution in [0, 0.1) is 31.6 Å². The van der Waals surface area contributed by atoms with Crippen molar-refractivity contribution in [3.05, 3.63) is 59.2 Å². The summed E-state index contributed by atoms with van der Waals surface area (Å²) < 4.78 is 5.12. The second-order valence-electron chi connectivity index (χ2n) is 9.13. The Hall–Kier alpha value is -3.48. The van der Waals surface area contributed by atoms with E-state index in [1.165, 1.54) is 17.0 Å². The maximum Gasteiger partial charge on any atom is 0.338 e. The highest BCUT2D eigenvalue weighted by atomic mass is 16.5. The lowest BCUT2D eigenvalue weighted by molar-refractivity contribution is -0.122. The van der Waals surface area contributed by atoms with E-state index in [2.05, 4.69) is 12.2 Å². The monoisotopic (exact) mass is 448 g/mol. The highest BCUT2D eigenvalue weighted by molar-refractivity contribution is 6.22. The van der Waals surface area contributed by atoms with Crippen LogP contribution in [0.15, 0.2) is 42.5 Å². The van der Waals surface area contributed by atoms with Gasteiger partial charge in [0.2, 0.25) is 11.8 Å². The number of hydrogen-bond acceptors (Lipinski definition) is 5. The minimum Gasteiger partial charge on any atom is -0.452 e. The summed E-state index contributed by atoms with van der Waals surface area (Å²) in [6, 6.07) is 11.8. The first-order valence-electron chi connectivity index (χ1n) is 11.3. The molecule has 2 aromatic rings. The Labute approximate surface area is 193 Å². The van der Waals surface area contributed by atoms with E-state index in [4.69, 9.17) is 4.74 Å². The molecule has 1 aliphatic carbocycles. The Morgan fingerprint density at radius 3 is 2.39 bits per heavy atom. The minimum atomic E-state index is -0.654. The highest BCUT2D eigenvalue weighted by Crippen LogP contribution is 2.42. The number of hydrogen-bond donors (Lipinski definition) is 1. The zero-order valence-electron chi connectivity index (χ0n) is 19.1. The average molecular weight is 449 g/mol. The SMILES string of the molecule is Cc1ccc(NC(=O)COC(=O)c2ccc(N3C(=O)[C@@H]4CC[C@@H](C)C[C@H]4C3=O)cc2)c(C)c1. The van der Waals surface area contributed by atoms with E-state index in [0.29, 0.717) is 17.3 Å². The molecule has 2 aliphatic rings.